The van der Waals surface area contributed by atoms with Crippen LogP contribution in [0.25, 0.3) is 6.08 Å². The van der Waals surface area contributed by atoms with Crippen LogP contribution in [0.1, 0.15) is 37.3 Å². The molecule has 1 aliphatic rings. The zero-order valence-electron chi connectivity index (χ0n) is 14.7. The third kappa shape index (κ3) is 4.98. The first-order valence-electron chi connectivity index (χ1n) is 8.27. The van der Waals surface area contributed by atoms with Crippen molar-refractivity contribution in [3.8, 4) is 11.5 Å². The molecule has 26 heavy (non-hydrogen) atoms. The lowest BCUT2D eigenvalue weighted by Gasteiger charge is -2.13. The number of ether oxygens (including phenoxy) is 1. The molecule has 2 rings (SSSR count). The summed E-state index contributed by atoms with van der Waals surface area (Å²) in [5, 5.41) is 18.7. The number of hydrogen-bond donors (Lipinski definition) is 2. The summed E-state index contributed by atoms with van der Waals surface area (Å²) in [6, 6.07) is 3.31. The number of thiocarbonyl (C=S) groups is 1. The van der Waals surface area contributed by atoms with Crippen molar-refractivity contribution in [1.29, 1.82) is 0 Å². The first-order chi connectivity index (χ1) is 12.3. The summed E-state index contributed by atoms with van der Waals surface area (Å²) in [5.41, 5.74) is 1.57. The molecule has 6 nitrogen and oxygen atoms in total. The molecule has 1 aromatic rings. The highest BCUT2D eigenvalue weighted by Crippen LogP contribution is 2.36. The zero-order chi connectivity index (χ0) is 19.3. The average Bonchev–Trinajstić information content (AvgIpc) is 2.83. The van der Waals surface area contributed by atoms with E-state index in [1.165, 1.54) is 16.7 Å². The number of thioether (sulfide) groups is 1. The number of phenols is 1. The second-order valence-corrected chi connectivity index (χ2v) is 7.53. The van der Waals surface area contributed by atoms with Crippen LogP contribution in [0.15, 0.2) is 17.0 Å². The van der Waals surface area contributed by atoms with Gasteiger partial charge in [-0.2, -0.15) is 0 Å². The SMILES string of the molecule is CCCOc1cc(C=C2SC(=S)N(CCCC(=O)O)C2=O)c(C)cc1O. The highest BCUT2D eigenvalue weighted by molar-refractivity contribution is 8.26. The van der Waals surface area contributed by atoms with Crippen LogP contribution >= 0.6 is 24.0 Å². The lowest BCUT2D eigenvalue weighted by atomic mass is 10.1. The molecule has 0 aliphatic carbocycles. The lowest BCUT2D eigenvalue weighted by molar-refractivity contribution is -0.137. The van der Waals surface area contributed by atoms with Crippen molar-refractivity contribution in [2.75, 3.05) is 13.2 Å². The Labute approximate surface area is 161 Å². The Kier molecular flexibility index (Phi) is 7.05. The van der Waals surface area contributed by atoms with Crippen molar-refractivity contribution in [2.24, 2.45) is 0 Å². The van der Waals surface area contributed by atoms with Crippen molar-refractivity contribution in [3.63, 3.8) is 0 Å². The van der Waals surface area contributed by atoms with E-state index in [4.69, 9.17) is 22.1 Å². The number of benzene rings is 1. The number of carboxylic acid groups (broad SMARTS) is 1. The second-order valence-electron chi connectivity index (χ2n) is 5.86. The van der Waals surface area contributed by atoms with Crippen molar-refractivity contribution in [3.05, 3.63) is 28.2 Å². The monoisotopic (exact) mass is 395 g/mol. The summed E-state index contributed by atoms with van der Waals surface area (Å²) >= 11 is 6.43. The average molecular weight is 396 g/mol. The Morgan fingerprint density at radius 1 is 1.42 bits per heavy atom. The van der Waals surface area contributed by atoms with Crippen molar-refractivity contribution >= 4 is 46.3 Å². The van der Waals surface area contributed by atoms with Crippen LogP contribution in [0.3, 0.4) is 0 Å². The van der Waals surface area contributed by atoms with Crippen molar-refractivity contribution in [2.45, 2.75) is 33.1 Å². The Hall–Kier alpha value is -2.06. The van der Waals surface area contributed by atoms with Gasteiger partial charge in [-0.15, -0.1) is 0 Å². The predicted octanol–water partition coefficient (Wildman–Crippen LogP) is 3.56. The Morgan fingerprint density at radius 2 is 2.15 bits per heavy atom. The Bertz CT molecular complexity index is 760. The highest BCUT2D eigenvalue weighted by atomic mass is 32.2. The molecule has 1 amide bonds. The van der Waals surface area contributed by atoms with E-state index >= 15 is 0 Å². The molecule has 0 aromatic heterocycles. The van der Waals surface area contributed by atoms with E-state index in [1.807, 2.05) is 13.8 Å². The minimum atomic E-state index is -0.898. The third-order valence-electron chi connectivity index (χ3n) is 3.74. The Balaban J connectivity index is 2.20. The maximum Gasteiger partial charge on any atom is 0.303 e. The number of nitrogens with zero attached hydrogens (tertiary/aromatic N) is 1. The molecule has 0 spiro atoms. The van der Waals surface area contributed by atoms with E-state index in [0.717, 1.165) is 17.5 Å². The van der Waals surface area contributed by atoms with Gasteiger partial charge in [-0.25, -0.2) is 0 Å². The first-order valence-corrected chi connectivity index (χ1v) is 9.49. The fourth-order valence-corrected chi connectivity index (χ4v) is 3.69. The van der Waals surface area contributed by atoms with Gasteiger partial charge in [-0.1, -0.05) is 30.9 Å². The first kappa shape index (κ1) is 20.3. The zero-order valence-corrected chi connectivity index (χ0v) is 16.3. The van der Waals surface area contributed by atoms with E-state index in [1.54, 1.807) is 18.2 Å². The van der Waals surface area contributed by atoms with Gasteiger partial charge in [0.25, 0.3) is 5.91 Å². The molecule has 0 bridgehead atoms. The van der Waals surface area contributed by atoms with Crippen LogP contribution in [-0.4, -0.2) is 44.5 Å². The van der Waals surface area contributed by atoms with Gasteiger partial charge in [0, 0.05) is 13.0 Å². The minimum Gasteiger partial charge on any atom is -0.504 e. The van der Waals surface area contributed by atoms with Gasteiger partial charge >= 0.3 is 5.97 Å². The molecule has 1 aliphatic heterocycles. The molecular formula is C18H21NO5S2. The molecule has 0 atom stereocenters. The summed E-state index contributed by atoms with van der Waals surface area (Å²) in [6.45, 7) is 4.58. The number of aromatic hydroxyl groups is 1. The quantitative estimate of drug-likeness (QED) is 0.514. The molecule has 140 valence electrons. The van der Waals surface area contributed by atoms with E-state index in [9.17, 15) is 14.7 Å². The molecule has 0 saturated carbocycles. The summed E-state index contributed by atoms with van der Waals surface area (Å²) in [6.07, 6.45) is 2.88. The number of rotatable bonds is 8. The van der Waals surface area contributed by atoms with Crippen molar-refractivity contribution in [1.82, 2.24) is 4.90 Å². The van der Waals surface area contributed by atoms with Crippen LogP contribution in [0, 0.1) is 6.92 Å². The van der Waals surface area contributed by atoms with E-state index < -0.39 is 5.97 Å². The van der Waals surface area contributed by atoms with Crippen molar-refractivity contribution < 1.29 is 24.5 Å². The van der Waals surface area contributed by atoms with Gasteiger partial charge in [0.1, 0.15) is 4.32 Å². The summed E-state index contributed by atoms with van der Waals surface area (Å²) in [5.74, 6) is -0.686. The molecule has 8 heteroatoms. The number of carbonyl (C=O) groups is 2. The predicted molar refractivity (Wildman–Crippen MR) is 105 cm³/mol. The molecule has 2 N–H and O–H groups in total. The van der Waals surface area contributed by atoms with Gasteiger partial charge < -0.3 is 14.9 Å². The fourth-order valence-electron chi connectivity index (χ4n) is 2.39. The molecular weight excluding hydrogens is 374 g/mol. The molecule has 1 aromatic carbocycles. The van der Waals surface area contributed by atoms with Crippen LogP contribution in [-0.2, 0) is 9.59 Å². The molecule has 1 fully saturated rings. The number of aliphatic carboxylic acids is 1. The number of phenolic OH excluding ortho intramolecular Hbond substituents is 1. The largest absolute Gasteiger partial charge is 0.504 e. The summed E-state index contributed by atoms with van der Waals surface area (Å²) in [4.78, 5) is 25.1. The minimum absolute atomic E-state index is 0.00863. The number of hydrogen-bond acceptors (Lipinski definition) is 6. The highest BCUT2D eigenvalue weighted by Gasteiger charge is 2.31. The second kappa shape index (κ2) is 9.05. The molecule has 1 heterocycles. The van der Waals surface area contributed by atoms with Gasteiger partial charge in [0.15, 0.2) is 11.5 Å². The third-order valence-corrected chi connectivity index (χ3v) is 5.12. The van der Waals surface area contributed by atoms with E-state index in [2.05, 4.69) is 0 Å². The smallest absolute Gasteiger partial charge is 0.303 e. The summed E-state index contributed by atoms with van der Waals surface area (Å²) < 4.78 is 5.95. The van der Waals surface area contributed by atoms with Gasteiger partial charge in [0.05, 0.1) is 11.5 Å². The van der Waals surface area contributed by atoms with Gasteiger partial charge in [-0.05, 0) is 49.1 Å². The number of carbonyl (C=O) groups excluding carboxylic acids is 1. The fraction of sp³-hybridized carbons (Fsp3) is 0.389. The number of aryl methyl sites for hydroxylation is 1. The van der Waals surface area contributed by atoms with Crippen LogP contribution in [0.4, 0.5) is 0 Å². The normalized spacial score (nSPS) is 15.8. The number of amides is 1. The Morgan fingerprint density at radius 3 is 2.81 bits per heavy atom. The van der Waals surface area contributed by atoms with Crippen LogP contribution in [0.5, 0.6) is 11.5 Å². The van der Waals surface area contributed by atoms with E-state index in [0.29, 0.717) is 28.0 Å². The van der Waals surface area contributed by atoms with Crippen LogP contribution in [0.2, 0.25) is 0 Å². The maximum absolute atomic E-state index is 12.6. The van der Waals surface area contributed by atoms with Gasteiger partial charge in [-0.3, -0.25) is 14.5 Å². The standard InChI is InChI=1S/C18H21NO5S2/c1-3-7-24-14-9-12(11(2)8-13(14)20)10-15-17(23)19(18(25)26-15)6-4-5-16(21)22/h8-10,20H,3-7H2,1-2H3,(H,21,22). The molecule has 0 radical (unpaired) electrons. The van der Waals surface area contributed by atoms with E-state index in [-0.39, 0.29) is 24.6 Å². The molecule has 1 saturated heterocycles. The summed E-state index contributed by atoms with van der Waals surface area (Å²) in [7, 11) is 0. The molecule has 0 unspecified atom stereocenters. The van der Waals surface area contributed by atoms with Crippen LogP contribution < -0.4 is 4.74 Å². The number of carboxylic acids is 1. The lowest BCUT2D eigenvalue weighted by Crippen LogP contribution is -2.29. The maximum atomic E-state index is 12.6. The topological polar surface area (TPSA) is 87.1 Å². The van der Waals surface area contributed by atoms with Gasteiger partial charge in [0.2, 0.25) is 0 Å².